The van der Waals surface area contributed by atoms with Crippen LogP contribution in [0.15, 0.2) is 24.3 Å². The number of amides is 1. The summed E-state index contributed by atoms with van der Waals surface area (Å²) in [6, 6.07) is 7.53. The molecule has 2 fully saturated rings. The summed E-state index contributed by atoms with van der Waals surface area (Å²) in [6.07, 6.45) is 4.56. The Bertz CT molecular complexity index is 503. The van der Waals surface area contributed by atoms with Gasteiger partial charge < -0.3 is 14.4 Å². The molecule has 0 N–H and O–H groups in total. The molecule has 0 aromatic heterocycles. The Balaban J connectivity index is 1.59. The Labute approximate surface area is 132 Å². The Kier molecular flexibility index (Phi) is 4.98. The fourth-order valence-corrected chi connectivity index (χ4v) is 3.08. The maximum absolute atomic E-state index is 12.6. The summed E-state index contributed by atoms with van der Waals surface area (Å²) >= 11 is 0. The van der Waals surface area contributed by atoms with Crippen molar-refractivity contribution >= 4 is 5.91 Å². The number of hydrogen-bond donors (Lipinski definition) is 0. The zero-order valence-corrected chi connectivity index (χ0v) is 13.3. The minimum absolute atomic E-state index is 0.120. The van der Waals surface area contributed by atoms with E-state index in [1.807, 2.05) is 29.2 Å². The first kappa shape index (κ1) is 15.3. The lowest BCUT2D eigenvalue weighted by molar-refractivity contribution is 0.0672. The summed E-state index contributed by atoms with van der Waals surface area (Å²) in [5.74, 6) is 1.60. The van der Waals surface area contributed by atoms with E-state index in [2.05, 4.69) is 6.92 Å². The van der Waals surface area contributed by atoms with Gasteiger partial charge in [0.1, 0.15) is 12.4 Å². The van der Waals surface area contributed by atoms with E-state index in [4.69, 9.17) is 9.47 Å². The second-order valence-corrected chi connectivity index (χ2v) is 6.45. The topological polar surface area (TPSA) is 38.8 Å². The van der Waals surface area contributed by atoms with Crippen molar-refractivity contribution in [2.75, 3.05) is 26.3 Å². The molecule has 0 spiro atoms. The van der Waals surface area contributed by atoms with Crippen LogP contribution in [-0.2, 0) is 4.74 Å². The van der Waals surface area contributed by atoms with E-state index in [0.29, 0.717) is 6.61 Å². The van der Waals surface area contributed by atoms with Gasteiger partial charge in [-0.3, -0.25) is 4.79 Å². The molecule has 2 aliphatic heterocycles. The van der Waals surface area contributed by atoms with Gasteiger partial charge in [0.25, 0.3) is 5.91 Å². The number of piperidine rings is 1. The number of carbonyl (C=O) groups is 1. The van der Waals surface area contributed by atoms with Crippen molar-refractivity contribution in [3.05, 3.63) is 29.8 Å². The van der Waals surface area contributed by atoms with Crippen LogP contribution >= 0.6 is 0 Å². The van der Waals surface area contributed by atoms with E-state index < -0.39 is 0 Å². The van der Waals surface area contributed by atoms with E-state index in [9.17, 15) is 4.79 Å². The summed E-state index contributed by atoms with van der Waals surface area (Å²) < 4.78 is 11.3. The van der Waals surface area contributed by atoms with Crippen molar-refractivity contribution in [3.63, 3.8) is 0 Å². The summed E-state index contributed by atoms with van der Waals surface area (Å²) in [4.78, 5) is 14.5. The maximum atomic E-state index is 12.6. The van der Waals surface area contributed by atoms with Crippen molar-refractivity contribution in [2.24, 2.45) is 5.92 Å². The molecule has 4 heteroatoms. The molecule has 0 aliphatic carbocycles. The van der Waals surface area contributed by atoms with Gasteiger partial charge in [-0.05, 0) is 49.8 Å². The van der Waals surface area contributed by atoms with Gasteiger partial charge in [-0.15, -0.1) is 0 Å². The minimum atomic E-state index is 0.120. The quantitative estimate of drug-likeness (QED) is 0.858. The standard InChI is InChI=1S/C18H25NO3/c1-14-7-9-19(10-8-14)18(20)15-4-2-5-16(12-15)22-13-17-6-3-11-21-17/h2,4-5,12,14,17H,3,6-11,13H2,1H3. The predicted molar refractivity (Wildman–Crippen MR) is 85.2 cm³/mol. The molecular weight excluding hydrogens is 278 g/mol. The first-order valence-corrected chi connectivity index (χ1v) is 8.36. The van der Waals surface area contributed by atoms with Gasteiger partial charge in [-0.25, -0.2) is 0 Å². The third-order valence-electron chi connectivity index (χ3n) is 4.61. The molecule has 2 heterocycles. The average molecular weight is 303 g/mol. The van der Waals surface area contributed by atoms with Gasteiger partial charge in [0.15, 0.2) is 0 Å². The van der Waals surface area contributed by atoms with Crippen LogP contribution < -0.4 is 4.74 Å². The fraction of sp³-hybridized carbons (Fsp3) is 0.611. The Morgan fingerprint density at radius 3 is 2.86 bits per heavy atom. The highest BCUT2D eigenvalue weighted by Crippen LogP contribution is 2.21. The summed E-state index contributed by atoms with van der Waals surface area (Å²) in [7, 11) is 0. The van der Waals surface area contributed by atoms with Gasteiger partial charge in [0.2, 0.25) is 0 Å². The van der Waals surface area contributed by atoms with Crippen LogP contribution in [0.1, 0.15) is 43.0 Å². The van der Waals surface area contributed by atoms with Crippen molar-refractivity contribution in [3.8, 4) is 5.75 Å². The lowest BCUT2D eigenvalue weighted by atomic mass is 9.98. The molecule has 2 aliphatic rings. The molecule has 120 valence electrons. The number of ether oxygens (including phenoxy) is 2. The molecular formula is C18H25NO3. The van der Waals surface area contributed by atoms with Crippen molar-refractivity contribution in [2.45, 2.75) is 38.7 Å². The Morgan fingerprint density at radius 2 is 2.14 bits per heavy atom. The molecule has 0 saturated carbocycles. The van der Waals surface area contributed by atoms with Crippen LogP contribution in [0.5, 0.6) is 5.75 Å². The summed E-state index contributed by atoms with van der Waals surface area (Å²) in [6.45, 7) is 5.38. The molecule has 22 heavy (non-hydrogen) atoms. The fourth-order valence-electron chi connectivity index (χ4n) is 3.08. The number of benzene rings is 1. The Hall–Kier alpha value is -1.55. The third kappa shape index (κ3) is 3.80. The van der Waals surface area contributed by atoms with Gasteiger partial charge in [-0.2, -0.15) is 0 Å². The van der Waals surface area contributed by atoms with Crippen molar-refractivity contribution in [1.82, 2.24) is 4.90 Å². The van der Waals surface area contributed by atoms with Gasteiger partial charge in [0.05, 0.1) is 6.10 Å². The van der Waals surface area contributed by atoms with Crippen LogP contribution in [0.2, 0.25) is 0 Å². The maximum Gasteiger partial charge on any atom is 0.253 e. The lowest BCUT2D eigenvalue weighted by Crippen LogP contribution is -2.37. The number of carbonyl (C=O) groups excluding carboxylic acids is 1. The second kappa shape index (κ2) is 7.14. The molecule has 1 unspecified atom stereocenters. The molecule has 2 saturated heterocycles. The first-order valence-electron chi connectivity index (χ1n) is 8.36. The molecule has 1 atom stereocenters. The molecule has 1 amide bonds. The van der Waals surface area contributed by atoms with E-state index in [1.165, 1.54) is 0 Å². The molecule has 1 aromatic rings. The normalized spacial score (nSPS) is 22.8. The van der Waals surface area contributed by atoms with Gasteiger partial charge in [-0.1, -0.05) is 13.0 Å². The van der Waals surface area contributed by atoms with E-state index >= 15 is 0 Å². The zero-order valence-electron chi connectivity index (χ0n) is 13.3. The van der Waals surface area contributed by atoms with Crippen LogP contribution in [0, 0.1) is 5.92 Å². The Morgan fingerprint density at radius 1 is 1.32 bits per heavy atom. The van der Waals surface area contributed by atoms with Crippen LogP contribution in [-0.4, -0.2) is 43.2 Å². The molecule has 1 aromatic carbocycles. The van der Waals surface area contributed by atoms with Gasteiger partial charge >= 0.3 is 0 Å². The third-order valence-corrected chi connectivity index (χ3v) is 4.61. The smallest absolute Gasteiger partial charge is 0.253 e. The number of hydrogen-bond acceptors (Lipinski definition) is 3. The molecule has 3 rings (SSSR count). The highest BCUT2D eigenvalue weighted by atomic mass is 16.5. The molecule has 4 nitrogen and oxygen atoms in total. The first-order chi connectivity index (χ1) is 10.7. The van der Waals surface area contributed by atoms with Crippen molar-refractivity contribution < 1.29 is 14.3 Å². The monoisotopic (exact) mass is 303 g/mol. The number of likely N-dealkylation sites (tertiary alicyclic amines) is 1. The zero-order chi connectivity index (χ0) is 15.4. The summed E-state index contributed by atoms with van der Waals surface area (Å²) in [5, 5.41) is 0. The number of nitrogens with zero attached hydrogens (tertiary/aromatic N) is 1. The highest BCUT2D eigenvalue weighted by Gasteiger charge is 2.22. The van der Waals surface area contributed by atoms with E-state index in [-0.39, 0.29) is 12.0 Å². The molecule has 0 radical (unpaired) electrons. The summed E-state index contributed by atoms with van der Waals surface area (Å²) in [5.41, 5.74) is 0.722. The minimum Gasteiger partial charge on any atom is -0.491 e. The average Bonchev–Trinajstić information content (AvgIpc) is 3.07. The predicted octanol–water partition coefficient (Wildman–Crippen LogP) is 3.12. The van der Waals surface area contributed by atoms with Crippen LogP contribution in [0.25, 0.3) is 0 Å². The largest absolute Gasteiger partial charge is 0.491 e. The lowest BCUT2D eigenvalue weighted by Gasteiger charge is -2.30. The van der Waals surface area contributed by atoms with Gasteiger partial charge in [0, 0.05) is 25.3 Å². The van der Waals surface area contributed by atoms with Crippen LogP contribution in [0.4, 0.5) is 0 Å². The molecule has 0 bridgehead atoms. The van der Waals surface area contributed by atoms with Crippen molar-refractivity contribution in [1.29, 1.82) is 0 Å². The van der Waals surface area contributed by atoms with E-state index in [1.54, 1.807) is 0 Å². The number of rotatable bonds is 4. The second-order valence-electron chi connectivity index (χ2n) is 6.45. The van der Waals surface area contributed by atoms with E-state index in [0.717, 1.165) is 62.6 Å². The van der Waals surface area contributed by atoms with Crippen LogP contribution in [0.3, 0.4) is 0 Å². The highest BCUT2D eigenvalue weighted by molar-refractivity contribution is 5.94. The SMILES string of the molecule is CC1CCN(C(=O)c2cccc(OCC3CCCO3)c2)CC1.